The van der Waals surface area contributed by atoms with Crippen molar-refractivity contribution in [1.82, 2.24) is 15.3 Å². The summed E-state index contributed by atoms with van der Waals surface area (Å²) < 4.78 is 0. The van der Waals surface area contributed by atoms with Gasteiger partial charge in [-0.25, -0.2) is 4.98 Å². The molecule has 0 bridgehead atoms. The molecule has 1 saturated carbocycles. The lowest BCUT2D eigenvalue weighted by Crippen LogP contribution is -2.47. The van der Waals surface area contributed by atoms with Gasteiger partial charge in [-0.3, -0.25) is 4.79 Å². The van der Waals surface area contributed by atoms with Gasteiger partial charge in [0.25, 0.3) is 0 Å². The molecular formula is C12H18N4OS. The number of nitrogens with two attached hydrogens (primary N) is 1. The van der Waals surface area contributed by atoms with Gasteiger partial charge < -0.3 is 16.0 Å². The molecular weight excluding hydrogens is 248 g/mol. The predicted octanol–water partition coefficient (Wildman–Crippen LogP) is 1.43. The van der Waals surface area contributed by atoms with Crippen LogP contribution in [0.15, 0.2) is 12.4 Å². The Labute approximate surface area is 112 Å². The Hall–Kier alpha value is -1.43. The van der Waals surface area contributed by atoms with Gasteiger partial charge in [-0.1, -0.05) is 25.1 Å². The number of aromatic amines is 1. The summed E-state index contributed by atoms with van der Waals surface area (Å²) in [5, 5.41) is 2.95. The minimum absolute atomic E-state index is 0.0728. The number of imidazole rings is 1. The first-order chi connectivity index (χ1) is 8.56. The summed E-state index contributed by atoms with van der Waals surface area (Å²) in [6.45, 7) is 1.89. The second-order valence-electron chi connectivity index (χ2n) is 4.82. The minimum Gasteiger partial charge on any atom is -0.392 e. The molecule has 1 aliphatic rings. The van der Waals surface area contributed by atoms with Crippen LogP contribution < -0.4 is 11.1 Å². The molecule has 0 saturated heterocycles. The average molecular weight is 266 g/mol. The Morgan fingerprint density at radius 2 is 2.28 bits per heavy atom. The van der Waals surface area contributed by atoms with E-state index in [9.17, 15) is 4.79 Å². The fourth-order valence-corrected chi connectivity index (χ4v) is 2.78. The Morgan fingerprint density at radius 1 is 1.61 bits per heavy atom. The highest BCUT2D eigenvalue weighted by Crippen LogP contribution is 2.39. The first-order valence-electron chi connectivity index (χ1n) is 6.16. The van der Waals surface area contributed by atoms with Gasteiger partial charge in [-0.2, -0.15) is 0 Å². The highest BCUT2D eigenvalue weighted by molar-refractivity contribution is 7.80. The van der Waals surface area contributed by atoms with Gasteiger partial charge >= 0.3 is 0 Å². The molecule has 0 spiro atoms. The van der Waals surface area contributed by atoms with E-state index in [2.05, 4.69) is 15.3 Å². The quantitative estimate of drug-likeness (QED) is 0.720. The molecule has 0 radical (unpaired) electrons. The smallest absolute Gasteiger partial charge is 0.233 e. The van der Waals surface area contributed by atoms with Crippen LogP contribution in [0.4, 0.5) is 0 Å². The van der Waals surface area contributed by atoms with E-state index >= 15 is 0 Å². The Balaban J connectivity index is 2.09. The molecule has 1 atom stereocenters. The fraction of sp³-hybridized carbons (Fsp3) is 0.583. The van der Waals surface area contributed by atoms with E-state index in [1.165, 1.54) is 0 Å². The van der Waals surface area contributed by atoms with Gasteiger partial charge in [-0.15, -0.1) is 0 Å². The van der Waals surface area contributed by atoms with Crippen LogP contribution in [0.2, 0.25) is 0 Å². The molecule has 0 aromatic carbocycles. The minimum atomic E-state index is -0.657. The zero-order valence-electron chi connectivity index (χ0n) is 10.4. The molecule has 18 heavy (non-hydrogen) atoms. The van der Waals surface area contributed by atoms with Crippen molar-refractivity contribution in [2.24, 2.45) is 11.1 Å². The van der Waals surface area contributed by atoms with Gasteiger partial charge in [0.15, 0.2) is 0 Å². The summed E-state index contributed by atoms with van der Waals surface area (Å²) >= 11 is 5.09. The number of H-pyrrole nitrogens is 1. The maximum atomic E-state index is 12.4. The van der Waals surface area contributed by atoms with Gasteiger partial charge in [-0.05, 0) is 19.8 Å². The molecule has 4 N–H and O–H groups in total. The number of rotatable bonds is 4. The lowest BCUT2D eigenvalue weighted by atomic mass is 9.85. The van der Waals surface area contributed by atoms with Crippen LogP contribution in [0, 0.1) is 5.41 Å². The summed E-state index contributed by atoms with van der Waals surface area (Å²) in [7, 11) is 0. The zero-order chi connectivity index (χ0) is 13.2. The number of carbonyl (C=O) groups is 1. The van der Waals surface area contributed by atoms with Crippen LogP contribution in [0.25, 0.3) is 0 Å². The molecule has 1 aromatic heterocycles. The molecule has 1 heterocycles. The fourth-order valence-electron chi connectivity index (χ4n) is 2.48. The zero-order valence-corrected chi connectivity index (χ0v) is 11.2. The van der Waals surface area contributed by atoms with Gasteiger partial charge in [0.1, 0.15) is 5.82 Å². The van der Waals surface area contributed by atoms with E-state index in [-0.39, 0.29) is 11.9 Å². The number of aromatic nitrogens is 2. The third-order valence-electron chi connectivity index (χ3n) is 3.64. The second-order valence-corrected chi connectivity index (χ2v) is 5.26. The molecule has 5 nitrogen and oxygen atoms in total. The maximum Gasteiger partial charge on any atom is 0.233 e. The number of nitrogens with zero attached hydrogens (tertiary/aromatic N) is 1. The molecule has 1 unspecified atom stereocenters. The highest BCUT2D eigenvalue weighted by Gasteiger charge is 2.44. The summed E-state index contributed by atoms with van der Waals surface area (Å²) in [5.74, 6) is 0.663. The summed E-state index contributed by atoms with van der Waals surface area (Å²) in [6.07, 6.45) is 6.89. The van der Waals surface area contributed by atoms with Crippen LogP contribution in [0.5, 0.6) is 0 Å². The summed E-state index contributed by atoms with van der Waals surface area (Å²) in [5.41, 5.74) is 5.12. The van der Waals surface area contributed by atoms with Crippen molar-refractivity contribution in [3.05, 3.63) is 18.2 Å². The van der Waals surface area contributed by atoms with E-state index in [0.717, 1.165) is 31.5 Å². The van der Waals surface area contributed by atoms with Crippen molar-refractivity contribution in [2.75, 3.05) is 0 Å². The topological polar surface area (TPSA) is 83.8 Å². The van der Waals surface area contributed by atoms with Crippen LogP contribution in [-0.2, 0) is 4.79 Å². The molecule has 6 heteroatoms. The van der Waals surface area contributed by atoms with Crippen molar-refractivity contribution < 1.29 is 4.79 Å². The number of hydrogen-bond acceptors (Lipinski definition) is 3. The number of carbonyl (C=O) groups excluding carboxylic acids is 1. The van der Waals surface area contributed by atoms with Gasteiger partial charge in [0.05, 0.1) is 16.4 Å². The Bertz CT molecular complexity index is 437. The molecule has 1 aliphatic carbocycles. The van der Waals surface area contributed by atoms with Crippen molar-refractivity contribution >= 4 is 23.1 Å². The van der Waals surface area contributed by atoms with Crippen molar-refractivity contribution in [1.29, 1.82) is 0 Å². The van der Waals surface area contributed by atoms with E-state index in [4.69, 9.17) is 18.0 Å². The van der Waals surface area contributed by atoms with Crippen molar-refractivity contribution in [3.8, 4) is 0 Å². The molecule has 1 fully saturated rings. The highest BCUT2D eigenvalue weighted by atomic mass is 32.1. The Kier molecular flexibility index (Phi) is 3.65. The monoisotopic (exact) mass is 266 g/mol. The number of thiocarbonyl (C=S) groups is 1. The second kappa shape index (κ2) is 5.06. The first kappa shape index (κ1) is 13.0. The number of amides is 1. The molecule has 0 aliphatic heterocycles. The van der Waals surface area contributed by atoms with Crippen LogP contribution in [0.1, 0.15) is 44.5 Å². The van der Waals surface area contributed by atoms with Gasteiger partial charge in [0.2, 0.25) is 5.91 Å². The summed E-state index contributed by atoms with van der Waals surface area (Å²) in [6, 6.07) is -0.167. The lowest BCUT2D eigenvalue weighted by Gasteiger charge is -2.27. The number of nitrogens with one attached hydrogen (secondary N) is 2. The summed E-state index contributed by atoms with van der Waals surface area (Å²) in [4.78, 5) is 19.8. The predicted molar refractivity (Wildman–Crippen MR) is 72.8 cm³/mol. The largest absolute Gasteiger partial charge is 0.392 e. The van der Waals surface area contributed by atoms with Crippen LogP contribution >= 0.6 is 12.2 Å². The van der Waals surface area contributed by atoms with E-state index in [1.807, 2.05) is 6.92 Å². The number of hydrogen-bond donors (Lipinski definition) is 3. The SMILES string of the molecule is CC(NC(=O)C1(C(N)=S)CCCC1)c1ncc[nH]1. The molecule has 1 aromatic rings. The van der Waals surface area contributed by atoms with Crippen LogP contribution in [0.3, 0.4) is 0 Å². The van der Waals surface area contributed by atoms with E-state index < -0.39 is 5.41 Å². The van der Waals surface area contributed by atoms with E-state index in [0.29, 0.717) is 4.99 Å². The van der Waals surface area contributed by atoms with Crippen molar-refractivity contribution in [3.63, 3.8) is 0 Å². The third-order valence-corrected chi connectivity index (χ3v) is 4.03. The lowest BCUT2D eigenvalue weighted by molar-refractivity contribution is -0.128. The van der Waals surface area contributed by atoms with Gasteiger partial charge in [0, 0.05) is 12.4 Å². The Morgan fingerprint density at radius 3 is 2.78 bits per heavy atom. The third kappa shape index (κ3) is 2.25. The van der Waals surface area contributed by atoms with Crippen LogP contribution in [-0.4, -0.2) is 20.9 Å². The van der Waals surface area contributed by atoms with E-state index in [1.54, 1.807) is 12.4 Å². The molecule has 1 amide bonds. The standard InChI is InChI=1S/C12H18N4OS/c1-8(9-14-6-7-15-9)16-11(17)12(10(13)18)4-2-3-5-12/h6-8H,2-5H2,1H3,(H2,13,18)(H,14,15)(H,16,17). The maximum absolute atomic E-state index is 12.4. The van der Waals surface area contributed by atoms with Crippen molar-refractivity contribution in [2.45, 2.75) is 38.6 Å². The first-order valence-corrected chi connectivity index (χ1v) is 6.57. The normalized spacial score (nSPS) is 19.4. The molecule has 98 valence electrons. The average Bonchev–Trinajstić information content (AvgIpc) is 3.01. The molecule has 2 rings (SSSR count).